The first kappa shape index (κ1) is 18.0. The molecule has 0 aliphatic carbocycles. The highest BCUT2D eigenvalue weighted by molar-refractivity contribution is 5.85. The normalized spacial score (nSPS) is 19.5. The van der Waals surface area contributed by atoms with E-state index < -0.39 is 5.41 Å². The Bertz CT molecular complexity index is 369. The van der Waals surface area contributed by atoms with E-state index in [1.165, 1.54) is 6.42 Å². The molecule has 0 bridgehead atoms. The van der Waals surface area contributed by atoms with Crippen LogP contribution in [0.15, 0.2) is 0 Å². The smallest absolute Gasteiger partial charge is 0.242 e. The van der Waals surface area contributed by atoms with Crippen LogP contribution < -0.4 is 0 Å². The number of hydrogen-bond donors (Lipinski definition) is 0. The standard InChI is InChI=1S/C17H31N3O/c1-5-10-17(14-18,11-6-2)16(21)19(4)13-15-9-8-12-20(15)7-3/h15H,5-13H2,1-4H3. The molecule has 0 aromatic rings. The highest BCUT2D eigenvalue weighted by Gasteiger charge is 2.40. The number of nitriles is 1. The molecule has 1 saturated heterocycles. The predicted molar refractivity (Wildman–Crippen MR) is 85.8 cm³/mol. The minimum absolute atomic E-state index is 0.0247. The van der Waals surface area contributed by atoms with Gasteiger partial charge in [0.15, 0.2) is 0 Å². The van der Waals surface area contributed by atoms with E-state index in [1.54, 1.807) is 0 Å². The van der Waals surface area contributed by atoms with Crippen LogP contribution in [0.5, 0.6) is 0 Å². The van der Waals surface area contributed by atoms with Crippen molar-refractivity contribution in [3.05, 3.63) is 0 Å². The van der Waals surface area contributed by atoms with Gasteiger partial charge in [0.2, 0.25) is 5.91 Å². The summed E-state index contributed by atoms with van der Waals surface area (Å²) in [6.45, 7) is 9.20. The highest BCUT2D eigenvalue weighted by Crippen LogP contribution is 2.32. The summed E-state index contributed by atoms with van der Waals surface area (Å²) in [7, 11) is 1.87. The zero-order chi connectivity index (χ0) is 15.9. The molecule has 0 aromatic heterocycles. The Hall–Kier alpha value is -1.08. The van der Waals surface area contributed by atoms with Gasteiger partial charge in [0, 0.05) is 19.6 Å². The lowest BCUT2D eigenvalue weighted by atomic mass is 9.79. The van der Waals surface area contributed by atoms with Crippen molar-refractivity contribution < 1.29 is 4.79 Å². The first-order valence-corrected chi connectivity index (χ1v) is 8.45. The van der Waals surface area contributed by atoms with E-state index in [-0.39, 0.29) is 5.91 Å². The van der Waals surface area contributed by atoms with Crippen LogP contribution in [0.25, 0.3) is 0 Å². The van der Waals surface area contributed by atoms with Crippen LogP contribution in [0.1, 0.15) is 59.3 Å². The second kappa shape index (κ2) is 8.38. The van der Waals surface area contributed by atoms with E-state index in [4.69, 9.17) is 0 Å². The fourth-order valence-corrected chi connectivity index (χ4v) is 3.63. The zero-order valence-electron chi connectivity index (χ0n) is 14.2. The van der Waals surface area contributed by atoms with Gasteiger partial charge in [0.05, 0.1) is 6.07 Å². The van der Waals surface area contributed by atoms with Gasteiger partial charge in [0.1, 0.15) is 5.41 Å². The first-order valence-electron chi connectivity index (χ1n) is 8.45. The topological polar surface area (TPSA) is 47.3 Å². The maximum absolute atomic E-state index is 12.8. The van der Waals surface area contributed by atoms with Gasteiger partial charge < -0.3 is 4.90 Å². The average Bonchev–Trinajstić information content (AvgIpc) is 2.93. The molecule has 1 unspecified atom stereocenters. The number of likely N-dealkylation sites (N-methyl/N-ethyl adjacent to an activating group) is 2. The van der Waals surface area contributed by atoms with Gasteiger partial charge >= 0.3 is 0 Å². The van der Waals surface area contributed by atoms with E-state index in [0.29, 0.717) is 18.9 Å². The summed E-state index contributed by atoms with van der Waals surface area (Å²) in [4.78, 5) is 17.1. The number of amides is 1. The second-order valence-corrected chi connectivity index (χ2v) is 6.30. The molecule has 21 heavy (non-hydrogen) atoms. The minimum Gasteiger partial charge on any atom is -0.343 e. The van der Waals surface area contributed by atoms with Gasteiger partial charge in [-0.1, -0.05) is 33.6 Å². The molecule has 1 aliphatic rings. The largest absolute Gasteiger partial charge is 0.343 e. The molecule has 1 amide bonds. The van der Waals surface area contributed by atoms with Crippen molar-refractivity contribution in [2.45, 2.75) is 65.3 Å². The third-order valence-electron chi connectivity index (χ3n) is 4.71. The Kier molecular flexibility index (Phi) is 7.17. The Morgan fingerprint density at radius 3 is 2.43 bits per heavy atom. The Morgan fingerprint density at radius 1 is 1.33 bits per heavy atom. The van der Waals surface area contributed by atoms with E-state index in [1.807, 2.05) is 25.8 Å². The molecule has 1 aliphatic heterocycles. The van der Waals surface area contributed by atoms with Crippen LogP contribution in [0.3, 0.4) is 0 Å². The summed E-state index contributed by atoms with van der Waals surface area (Å²) < 4.78 is 0. The number of rotatable bonds is 8. The minimum atomic E-state index is -0.812. The Labute approximate surface area is 130 Å². The molecule has 120 valence electrons. The van der Waals surface area contributed by atoms with Crippen LogP contribution in [-0.2, 0) is 4.79 Å². The summed E-state index contributed by atoms with van der Waals surface area (Å²) in [6.07, 6.45) is 5.46. The molecule has 1 heterocycles. The molecule has 1 fully saturated rings. The fraction of sp³-hybridized carbons (Fsp3) is 0.882. The van der Waals surface area contributed by atoms with Crippen molar-refractivity contribution in [1.82, 2.24) is 9.80 Å². The van der Waals surface area contributed by atoms with Crippen molar-refractivity contribution >= 4 is 5.91 Å². The van der Waals surface area contributed by atoms with E-state index in [9.17, 15) is 10.1 Å². The molecule has 1 atom stereocenters. The maximum atomic E-state index is 12.8. The van der Waals surface area contributed by atoms with Crippen molar-refractivity contribution in [2.75, 3.05) is 26.7 Å². The molecule has 4 nitrogen and oxygen atoms in total. The number of hydrogen-bond acceptors (Lipinski definition) is 3. The van der Waals surface area contributed by atoms with Crippen LogP contribution in [0, 0.1) is 16.7 Å². The molecule has 4 heteroatoms. The summed E-state index contributed by atoms with van der Waals surface area (Å²) in [5.41, 5.74) is -0.812. The monoisotopic (exact) mass is 293 g/mol. The molecule has 0 spiro atoms. The van der Waals surface area contributed by atoms with Gasteiger partial charge in [-0.3, -0.25) is 9.69 Å². The third kappa shape index (κ3) is 4.20. The van der Waals surface area contributed by atoms with Crippen molar-refractivity contribution in [2.24, 2.45) is 5.41 Å². The van der Waals surface area contributed by atoms with Crippen molar-refractivity contribution in [1.29, 1.82) is 5.26 Å². The molecule has 0 radical (unpaired) electrons. The lowest BCUT2D eigenvalue weighted by Crippen LogP contribution is -2.47. The van der Waals surface area contributed by atoms with Crippen molar-refractivity contribution in [3.8, 4) is 6.07 Å². The van der Waals surface area contributed by atoms with Gasteiger partial charge in [-0.25, -0.2) is 0 Å². The molecular weight excluding hydrogens is 262 g/mol. The lowest BCUT2D eigenvalue weighted by molar-refractivity contribution is -0.139. The quantitative estimate of drug-likeness (QED) is 0.691. The fourth-order valence-electron chi connectivity index (χ4n) is 3.63. The van der Waals surface area contributed by atoms with E-state index in [0.717, 1.165) is 38.9 Å². The number of carbonyl (C=O) groups is 1. The highest BCUT2D eigenvalue weighted by atomic mass is 16.2. The number of nitrogens with zero attached hydrogens (tertiary/aromatic N) is 3. The second-order valence-electron chi connectivity index (χ2n) is 6.30. The maximum Gasteiger partial charge on any atom is 0.242 e. The van der Waals surface area contributed by atoms with Crippen LogP contribution in [0.4, 0.5) is 0 Å². The SMILES string of the molecule is CCCC(C#N)(CCC)C(=O)N(C)CC1CCCN1CC. The zero-order valence-corrected chi connectivity index (χ0v) is 14.2. The molecule has 0 aromatic carbocycles. The molecule has 1 rings (SSSR count). The van der Waals surface area contributed by atoms with Crippen LogP contribution >= 0.6 is 0 Å². The van der Waals surface area contributed by atoms with E-state index in [2.05, 4.69) is 17.9 Å². The average molecular weight is 293 g/mol. The summed E-state index contributed by atoms with van der Waals surface area (Å²) >= 11 is 0. The molecular formula is C17H31N3O. The first-order chi connectivity index (χ1) is 10.0. The Morgan fingerprint density at radius 2 is 1.95 bits per heavy atom. The number of likely N-dealkylation sites (tertiary alicyclic amines) is 1. The summed E-state index contributed by atoms with van der Waals surface area (Å²) in [6, 6.07) is 2.81. The third-order valence-corrected chi connectivity index (χ3v) is 4.71. The Balaban J connectivity index is 2.76. The molecule has 0 saturated carbocycles. The summed E-state index contributed by atoms with van der Waals surface area (Å²) in [5, 5.41) is 9.61. The van der Waals surface area contributed by atoms with Gasteiger partial charge in [-0.15, -0.1) is 0 Å². The molecule has 0 N–H and O–H groups in total. The van der Waals surface area contributed by atoms with E-state index >= 15 is 0 Å². The van der Waals surface area contributed by atoms with Crippen LogP contribution in [-0.4, -0.2) is 48.4 Å². The van der Waals surface area contributed by atoms with Gasteiger partial charge in [-0.2, -0.15) is 5.26 Å². The van der Waals surface area contributed by atoms with Crippen molar-refractivity contribution in [3.63, 3.8) is 0 Å². The van der Waals surface area contributed by atoms with Gasteiger partial charge in [-0.05, 0) is 38.8 Å². The summed E-state index contributed by atoms with van der Waals surface area (Å²) in [5.74, 6) is 0.0247. The van der Waals surface area contributed by atoms with Gasteiger partial charge in [0.25, 0.3) is 0 Å². The number of carbonyl (C=O) groups excluding carboxylic acids is 1. The lowest BCUT2D eigenvalue weighted by Gasteiger charge is -2.33. The predicted octanol–water partition coefficient (Wildman–Crippen LogP) is 3.04. The van der Waals surface area contributed by atoms with Crippen LogP contribution in [0.2, 0.25) is 0 Å².